The van der Waals surface area contributed by atoms with Crippen molar-refractivity contribution < 1.29 is 18.7 Å². The minimum atomic E-state index is -0.972. The number of benzene rings is 2. The number of halogens is 2. The number of amides is 2. The molecule has 2 aliphatic rings. The van der Waals surface area contributed by atoms with Gasteiger partial charge in [0.2, 0.25) is 11.8 Å². The molecule has 0 bridgehead atoms. The summed E-state index contributed by atoms with van der Waals surface area (Å²) in [6, 6.07) is 11.3. The molecule has 7 heteroatoms. The van der Waals surface area contributed by atoms with Crippen LogP contribution in [0.3, 0.4) is 0 Å². The van der Waals surface area contributed by atoms with Crippen LogP contribution in [0.4, 0.5) is 4.39 Å². The zero-order chi connectivity index (χ0) is 23.1. The molecule has 1 aliphatic carbocycles. The monoisotopic (exact) mass is 466 g/mol. The molecule has 2 amide bonds. The van der Waals surface area contributed by atoms with Crippen LogP contribution in [-0.2, 0) is 16.1 Å². The van der Waals surface area contributed by atoms with Gasteiger partial charge in [0, 0.05) is 35.0 Å². The van der Waals surface area contributed by atoms with Gasteiger partial charge in [-0.25, -0.2) is 4.39 Å². The van der Waals surface area contributed by atoms with Crippen molar-refractivity contribution in [2.45, 2.75) is 57.8 Å². The molecule has 1 saturated carbocycles. The number of alkyl halides is 1. The highest BCUT2D eigenvalue weighted by atomic mass is 35.5. The Bertz CT molecular complexity index is 1250. The van der Waals surface area contributed by atoms with E-state index < -0.39 is 12.3 Å². The Balaban J connectivity index is 1.55. The van der Waals surface area contributed by atoms with Crippen LogP contribution in [-0.4, -0.2) is 34.0 Å². The van der Waals surface area contributed by atoms with Crippen molar-refractivity contribution in [1.82, 2.24) is 9.88 Å². The number of likely N-dealkylation sites (tertiary alicyclic amines) is 1. The molecular formula is C26H24ClFN2O3. The van der Waals surface area contributed by atoms with Gasteiger partial charge in [-0.3, -0.25) is 19.5 Å². The third kappa shape index (κ3) is 4.20. The van der Waals surface area contributed by atoms with E-state index in [1.165, 1.54) is 4.90 Å². The van der Waals surface area contributed by atoms with E-state index in [4.69, 9.17) is 16.3 Å². The first-order valence-corrected chi connectivity index (χ1v) is 11.6. The number of rotatable bonds is 5. The number of carbonyl (C=O) groups excluding carboxylic acids is 2. The van der Waals surface area contributed by atoms with Gasteiger partial charge in [0.1, 0.15) is 18.0 Å². The summed E-state index contributed by atoms with van der Waals surface area (Å²) in [5.74, 6) is 0.353. The Morgan fingerprint density at radius 2 is 1.88 bits per heavy atom. The molecule has 0 radical (unpaired) electrons. The maximum absolute atomic E-state index is 14.3. The SMILES string of the molecule is Cc1cc(Cl)cc(-c2ccnc3cc(CN4C(=O)CCC4=O)ccc23)c1O[C@@H]1CCC[C@@H]1F. The van der Waals surface area contributed by atoms with Crippen molar-refractivity contribution in [1.29, 1.82) is 0 Å². The molecule has 2 heterocycles. The molecule has 33 heavy (non-hydrogen) atoms. The van der Waals surface area contributed by atoms with Crippen LogP contribution in [0.2, 0.25) is 5.02 Å². The Hall–Kier alpha value is -2.99. The highest BCUT2D eigenvalue weighted by Crippen LogP contribution is 2.41. The van der Waals surface area contributed by atoms with Crippen LogP contribution in [0.25, 0.3) is 22.0 Å². The van der Waals surface area contributed by atoms with Crippen molar-refractivity contribution in [3.63, 3.8) is 0 Å². The molecule has 0 spiro atoms. The van der Waals surface area contributed by atoms with Gasteiger partial charge in [0.05, 0.1) is 12.1 Å². The van der Waals surface area contributed by atoms with E-state index in [-0.39, 0.29) is 31.2 Å². The van der Waals surface area contributed by atoms with E-state index >= 15 is 0 Å². The van der Waals surface area contributed by atoms with Crippen molar-refractivity contribution in [3.8, 4) is 16.9 Å². The van der Waals surface area contributed by atoms with Crippen LogP contribution >= 0.6 is 11.6 Å². The quantitative estimate of drug-likeness (QED) is 0.447. The number of aromatic nitrogens is 1. The molecule has 2 fully saturated rings. The van der Waals surface area contributed by atoms with E-state index in [0.29, 0.717) is 23.6 Å². The van der Waals surface area contributed by atoms with E-state index in [1.54, 1.807) is 6.20 Å². The average molecular weight is 467 g/mol. The summed E-state index contributed by atoms with van der Waals surface area (Å²) in [7, 11) is 0. The molecule has 1 aliphatic heterocycles. The summed E-state index contributed by atoms with van der Waals surface area (Å²) < 4.78 is 20.5. The molecule has 0 unspecified atom stereocenters. The predicted molar refractivity (Wildman–Crippen MR) is 125 cm³/mol. The zero-order valence-electron chi connectivity index (χ0n) is 18.3. The predicted octanol–water partition coefficient (Wildman–Crippen LogP) is 5.78. The van der Waals surface area contributed by atoms with Crippen LogP contribution in [0.1, 0.15) is 43.2 Å². The maximum Gasteiger partial charge on any atom is 0.229 e. The summed E-state index contributed by atoms with van der Waals surface area (Å²) >= 11 is 6.40. The lowest BCUT2D eigenvalue weighted by atomic mass is 9.97. The lowest BCUT2D eigenvalue weighted by Crippen LogP contribution is -2.28. The van der Waals surface area contributed by atoms with E-state index in [0.717, 1.165) is 39.6 Å². The van der Waals surface area contributed by atoms with Gasteiger partial charge in [-0.05, 0) is 67.1 Å². The number of hydrogen-bond donors (Lipinski definition) is 0. The maximum atomic E-state index is 14.3. The molecule has 2 atom stereocenters. The second-order valence-corrected chi connectivity index (χ2v) is 9.22. The number of carbonyl (C=O) groups is 2. The number of hydrogen-bond acceptors (Lipinski definition) is 4. The number of imide groups is 1. The van der Waals surface area contributed by atoms with Crippen LogP contribution in [0.5, 0.6) is 5.75 Å². The fourth-order valence-electron chi connectivity index (χ4n) is 4.76. The fourth-order valence-corrected chi connectivity index (χ4v) is 5.03. The van der Waals surface area contributed by atoms with E-state index in [9.17, 15) is 14.0 Å². The Morgan fingerprint density at radius 1 is 1.09 bits per heavy atom. The highest BCUT2D eigenvalue weighted by Gasteiger charge is 2.31. The molecule has 1 aromatic heterocycles. The summed E-state index contributed by atoms with van der Waals surface area (Å²) in [5.41, 5.74) is 4.10. The van der Waals surface area contributed by atoms with Gasteiger partial charge < -0.3 is 4.74 Å². The first kappa shape index (κ1) is 21.8. The molecular weight excluding hydrogens is 443 g/mol. The normalized spacial score (nSPS) is 20.8. The third-order valence-corrected chi connectivity index (χ3v) is 6.69. The summed E-state index contributed by atoms with van der Waals surface area (Å²) in [6.07, 6.45) is 2.85. The van der Waals surface area contributed by atoms with Crippen LogP contribution in [0.15, 0.2) is 42.6 Å². The summed E-state index contributed by atoms with van der Waals surface area (Å²) in [6.45, 7) is 2.15. The third-order valence-electron chi connectivity index (χ3n) is 6.47. The van der Waals surface area contributed by atoms with Crippen LogP contribution in [0, 0.1) is 6.92 Å². The highest BCUT2D eigenvalue weighted by molar-refractivity contribution is 6.31. The Kier molecular flexibility index (Phi) is 5.79. The number of nitrogens with zero attached hydrogens (tertiary/aromatic N) is 2. The molecule has 2 aromatic carbocycles. The van der Waals surface area contributed by atoms with Gasteiger partial charge >= 0.3 is 0 Å². The minimum absolute atomic E-state index is 0.143. The largest absolute Gasteiger partial charge is 0.486 e. The van der Waals surface area contributed by atoms with E-state index in [2.05, 4.69) is 4.98 Å². The van der Waals surface area contributed by atoms with Gasteiger partial charge in [0.25, 0.3) is 0 Å². The fraction of sp³-hybridized carbons (Fsp3) is 0.346. The molecule has 170 valence electrons. The molecule has 3 aromatic rings. The smallest absolute Gasteiger partial charge is 0.229 e. The van der Waals surface area contributed by atoms with Crippen LogP contribution < -0.4 is 4.74 Å². The minimum Gasteiger partial charge on any atom is -0.486 e. The summed E-state index contributed by atoms with van der Waals surface area (Å²) in [5, 5.41) is 1.46. The van der Waals surface area contributed by atoms with Crippen molar-refractivity contribution >= 4 is 34.3 Å². The number of fused-ring (bicyclic) bond motifs is 1. The average Bonchev–Trinajstić information content (AvgIpc) is 3.34. The topological polar surface area (TPSA) is 59.5 Å². The standard InChI is InChI=1S/C26H24ClFN2O3/c1-15-11-17(27)13-20(26(15)33-23-4-2-3-21(23)28)18-9-10-29-22-12-16(5-6-19(18)22)14-30-24(31)7-8-25(30)32/h5-6,9-13,21,23H,2-4,7-8,14H2,1H3/t21-,23+/m0/s1. The first-order valence-electron chi connectivity index (χ1n) is 11.2. The zero-order valence-corrected chi connectivity index (χ0v) is 19.1. The van der Waals surface area contributed by atoms with E-state index in [1.807, 2.05) is 43.3 Å². The lowest BCUT2D eigenvalue weighted by Gasteiger charge is -2.21. The summed E-state index contributed by atoms with van der Waals surface area (Å²) in [4.78, 5) is 29.8. The van der Waals surface area contributed by atoms with Gasteiger partial charge in [-0.2, -0.15) is 0 Å². The Morgan fingerprint density at radius 3 is 2.61 bits per heavy atom. The molecule has 1 saturated heterocycles. The first-order chi connectivity index (χ1) is 15.9. The van der Waals surface area contributed by atoms with Gasteiger partial charge in [-0.1, -0.05) is 23.7 Å². The van der Waals surface area contributed by atoms with Crippen molar-refractivity contribution in [3.05, 3.63) is 58.7 Å². The number of pyridine rings is 1. The number of aryl methyl sites for hydroxylation is 1. The Labute approximate surface area is 196 Å². The molecule has 0 N–H and O–H groups in total. The second kappa shape index (κ2) is 8.75. The van der Waals surface area contributed by atoms with Gasteiger partial charge in [0.15, 0.2) is 0 Å². The van der Waals surface area contributed by atoms with Gasteiger partial charge in [-0.15, -0.1) is 0 Å². The van der Waals surface area contributed by atoms with Crippen molar-refractivity contribution in [2.24, 2.45) is 0 Å². The molecule has 5 rings (SSSR count). The molecule has 5 nitrogen and oxygen atoms in total. The number of ether oxygens (including phenoxy) is 1. The lowest BCUT2D eigenvalue weighted by molar-refractivity contribution is -0.139. The van der Waals surface area contributed by atoms with Crippen molar-refractivity contribution in [2.75, 3.05) is 0 Å². The second-order valence-electron chi connectivity index (χ2n) is 8.79.